The van der Waals surface area contributed by atoms with E-state index in [1.807, 2.05) is 6.07 Å². The third-order valence-electron chi connectivity index (χ3n) is 5.89. The molecule has 6 heteroatoms. The summed E-state index contributed by atoms with van der Waals surface area (Å²) in [6, 6.07) is 12.1. The summed E-state index contributed by atoms with van der Waals surface area (Å²) < 4.78 is 0. The number of carbonyl (C=O) groups is 1. The Hall–Kier alpha value is -2.28. The van der Waals surface area contributed by atoms with Crippen molar-refractivity contribution in [3.63, 3.8) is 0 Å². The minimum Gasteiger partial charge on any atom is -0.390 e. The van der Waals surface area contributed by atoms with Gasteiger partial charge in [-0.3, -0.25) is 14.7 Å². The van der Waals surface area contributed by atoms with E-state index in [1.165, 1.54) is 11.1 Å². The minimum atomic E-state index is -0.587. The molecule has 1 aromatic heterocycles. The van der Waals surface area contributed by atoms with E-state index in [0.29, 0.717) is 18.0 Å². The molecule has 0 bridgehead atoms. The van der Waals surface area contributed by atoms with Gasteiger partial charge in [-0.25, -0.2) is 0 Å². The quantitative estimate of drug-likeness (QED) is 0.742. The van der Waals surface area contributed by atoms with Crippen molar-refractivity contribution in [3.05, 3.63) is 65.0 Å². The Bertz CT molecular complexity index is 850. The number of nitrogens with zero attached hydrogens (tertiary/aromatic N) is 3. The highest BCUT2D eigenvalue weighted by molar-refractivity contribution is 5.94. The van der Waals surface area contributed by atoms with Crippen molar-refractivity contribution >= 4 is 5.91 Å². The molecule has 2 aliphatic heterocycles. The van der Waals surface area contributed by atoms with Gasteiger partial charge in [0.25, 0.3) is 5.91 Å². The number of hydrogen-bond donors (Lipinski definition) is 2. The summed E-state index contributed by atoms with van der Waals surface area (Å²) in [6.07, 6.45) is 3.03. The molecule has 1 fully saturated rings. The summed E-state index contributed by atoms with van der Waals surface area (Å²) in [5, 5.41) is 13.3. The van der Waals surface area contributed by atoms with E-state index in [1.54, 1.807) is 12.3 Å². The number of aromatic nitrogens is 1. The van der Waals surface area contributed by atoms with Crippen molar-refractivity contribution in [2.75, 3.05) is 39.8 Å². The molecule has 29 heavy (non-hydrogen) atoms. The molecule has 0 saturated carbocycles. The summed E-state index contributed by atoms with van der Waals surface area (Å²) in [7, 11) is 2.11. The summed E-state index contributed by atoms with van der Waals surface area (Å²) >= 11 is 0. The first kappa shape index (κ1) is 20.0. The van der Waals surface area contributed by atoms with Crippen LogP contribution >= 0.6 is 0 Å². The second-order valence-corrected chi connectivity index (χ2v) is 8.44. The van der Waals surface area contributed by atoms with E-state index in [-0.39, 0.29) is 12.5 Å². The topological polar surface area (TPSA) is 68.7 Å². The maximum Gasteiger partial charge on any atom is 0.251 e. The standard InChI is InChI=1S/C23H30N4O2/c1-26-13-17(14-26)10-21-11-19(6-8-24-21)23(29)25-12-22(28)16-27-9-7-18-4-2-3-5-20(18)15-27/h2-6,8,11,17,22,28H,7,9-10,12-16H2,1H3,(H,25,29)/t22-/m0/s1. The molecule has 4 rings (SSSR count). The lowest BCUT2D eigenvalue weighted by Crippen LogP contribution is -2.44. The molecule has 0 spiro atoms. The number of rotatable bonds is 7. The van der Waals surface area contributed by atoms with Crippen LogP contribution in [-0.2, 0) is 19.4 Å². The average Bonchev–Trinajstić information content (AvgIpc) is 2.71. The third-order valence-corrected chi connectivity index (χ3v) is 5.89. The predicted molar refractivity (Wildman–Crippen MR) is 113 cm³/mol. The van der Waals surface area contributed by atoms with Gasteiger partial charge in [0.15, 0.2) is 0 Å². The van der Waals surface area contributed by atoms with Crippen molar-refractivity contribution in [2.24, 2.45) is 5.92 Å². The van der Waals surface area contributed by atoms with Gasteiger partial charge in [0, 0.05) is 56.7 Å². The Morgan fingerprint density at radius 2 is 2.07 bits per heavy atom. The molecule has 0 unspecified atom stereocenters. The van der Waals surface area contributed by atoms with Crippen LogP contribution in [0.15, 0.2) is 42.6 Å². The van der Waals surface area contributed by atoms with Crippen molar-refractivity contribution in [1.82, 2.24) is 20.1 Å². The van der Waals surface area contributed by atoms with Crippen molar-refractivity contribution in [2.45, 2.75) is 25.5 Å². The van der Waals surface area contributed by atoms with E-state index in [0.717, 1.165) is 44.7 Å². The minimum absolute atomic E-state index is 0.151. The van der Waals surface area contributed by atoms with Gasteiger partial charge in [-0.15, -0.1) is 0 Å². The number of fused-ring (bicyclic) bond motifs is 1. The Kier molecular flexibility index (Phi) is 6.23. The molecule has 154 valence electrons. The van der Waals surface area contributed by atoms with Gasteiger partial charge in [0.05, 0.1) is 6.10 Å². The summed E-state index contributed by atoms with van der Waals surface area (Å²) in [6.45, 7) is 4.78. The molecule has 1 aromatic carbocycles. The smallest absolute Gasteiger partial charge is 0.251 e. The van der Waals surface area contributed by atoms with Gasteiger partial charge < -0.3 is 15.3 Å². The van der Waals surface area contributed by atoms with Gasteiger partial charge in [-0.1, -0.05) is 24.3 Å². The molecule has 3 heterocycles. The van der Waals surface area contributed by atoms with Crippen molar-refractivity contribution in [1.29, 1.82) is 0 Å². The molecule has 1 amide bonds. The van der Waals surface area contributed by atoms with E-state index in [9.17, 15) is 9.90 Å². The van der Waals surface area contributed by atoms with Crippen LogP contribution in [0.5, 0.6) is 0 Å². The Balaban J connectivity index is 1.24. The number of hydrogen-bond acceptors (Lipinski definition) is 5. The fourth-order valence-corrected chi connectivity index (χ4v) is 4.37. The van der Waals surface area contributed by atoms with Crippen LogP contribution in [0, 0.1) is 5.92 Å². The average molecular weight is 395 g/mol. The molecule has 0 aliphatic carbocycles. The highest BCUT2D eigenvalue weighted by atomic mass is 16.3. The SMILES string of the molecule is CN1CC(Cc2cc(C(=O)NC[C@H](O)CN3CCc4ccccc4C3)ccn2)C1. The first-order chi connectivity index (χ1) is 14.1. The van der Waals surface area contributed by atoms with Gasteiger partial charge in [0.1, 0.15) is 0 Å². The Labute approximate surface area is 172 Å². The van der Waals surface area contributed by atoms with Crippen LogP contribution in [0.1, 0.15) is 27.2 Å². The number of amides is 1. The number of nitrogens with one attached hydrogen (secondary N) is 1. The van der Waals surface area contributed by atoms with E-state index in [4.69, 9.17) is 0 Å². The fraction of sp³-hybridized carbons (Fsp3) is 0.478. The van der Waals surface area contributed by atoms with Crippen molar-refractivity contribution in [3.8, 4) is 0 Å². The molecule has 2 aromatic rings. The van der Waals surface area contributed by atoms with Gasteiger partial charge >= 0.3 is 0 Å². The molecule has 0 radical (unpaired) electrons. The zero-order valence-electron chi connectivity index (χ0n) is 17.1. The van der Waals surface area contributed by atoms with Crippen molar-refractivity contribution < 1.29 is 9.90 Å². The number of benzene rings is 1. The second kappa shape index (κ2) is 9.03. The number of carbonyl (C=O) groups excluding carboxylic acids is 1. The van der Waals surface area contributed by atoms with Gasteiger partial charge in [-0.05, 0) is 49.1 Å². The molecular formula is C23H30N4O2. The van der Waals surface area contributed by atoms with E-state index in [2.05, 4.69) is 51.4 Å². The van der Waals surface area contributed by atoms with Gasteiger partial charge in [-0.2, -0.15) is 0 Å². The predicted octanol–water partition coefficient (Wildman–Crippen LogP) is 1.33. The zero-order valence-corrected chi connectivity index (χ0v) is 17.1. The van der Waals surface area contributed by atoms with Crippen LogP contribution < -0.4 is 5.32 Å². The van der Waals surface area contributed by atoms with Crippen LogP contribution in [0.3, 0.4) is 0 Å². The van der Waals surface area contributed by atoms with E-state index < -0.39 is 6.10 Å². The third kappa shape index (κ3) is 5.21. The lowest BCUT2D eigenvalue weighted by molar-refractivity contribution is 0.0841. The van der Waals surface area contributed by atoms with E-state index >= 15 is 0 Å². The largest absolute Gasteiger partial charge is 0.390 e. The molecule has 2 aliphatic rings. The van der Waals surface area contributed by atoms with Gasteiger partial charge in [0.2, 0.25) is 0 Å². The molecule has 6 nitrogen and oxygen atoms in total. The Morgan fingerprint density at radius 3 is 2.86 bits per heavy atom. The summed E-state index contributed by atoms with van der Waals surface area (Å²) in [5.74, 6) is 0.477. The van der Waals surface area contributed by atoms with Crippen LogP contribution in [0.25, 0.3) is 0 Å². The normalized spacial score (nSPS) is 18.7. The number of aliphatic hydroxyl groups is 1. The number of pyridine rings is 1. The molecule has 2 N–H and O–H groups in total. The molecular weight excluding hydrogens is 364 g/mol. The lowest BCUT2D eigenvalue weighted by Gasteiger charge is -2.36. The monoisotopic (exact) mass is 394 g/mol. The summed E-state index contributed by atoms with van der Waals surface area (Å²) in [4.78, 5) is 21.4. The second-order valence-electron chi connectivity index (χ2n) is 8.44. The molecule has 1 saturated heterocycles. The number of β-amino-alcohol motifs (C(OH)–C–C–N with tert-alkyl or cyclic N) is 1. The maximum absolute atomic E-state index is 12.5. The lowest BCUT2D eigenvalue weighted by atomic mass is 9.95. The Morgan fingerprint density at radius 1 is 1.28 bits per heavy atom. The molecule has 1 atom stereocenters. The van der Waals surface area contributed by atoms with Crippen LogP contribution in [0.4, 0.5) is 0 Å². The first-order valence-electron chi connectivity index (χ1n) is 10.5. The number of aliphatic hydroxyl groups excluding tert-OH is 1. The van der Waals surface area contributed by atoms with Crippen LogP contribution in [0.2, 0.25) is 0 Å². The first-order valence-corrected chi connectivity index (χ1v) is 10.5. The van der Waals surface area contributed by atoms with Crippen LogP contribution in [-0.4, -0.2) is 71.7 Å². The highest BCUT2D eigenvalue weighted by Crippen LogP contribution is 2.19. The fourth-order valence-electron chi connectivity index (χ4n) is 4.37. The number of likely N-dealkylation sites (tertiary alicyclic amines) is 1. The highest BCUT2D eigenvalue weighted by Gasteiger charge is 2.24. The summed E-state index contributed by atoms with van der Waals surface area (Å²) in [5.41, 5.74) is 4.30. The zero-order chi connectivity index (χ0) is 20.2. The maximum atomic E-state index is 12.5.